The normalized spacial score (nSPS) is 10.8. The van der Waals surface area contributed by atoms with Gasteiger partial charge in [0.2, 0.25) is 5.95 Å². The molecule has 4 aromatic rings. The smallest absolute Gasteiger partial charge is 0.227 e. The van der Waals surface area contributed by atoms with Gasteiger partial charge in [-0.3, -0.25) is 4.68 Å². The molecule has 2 aromatic carbocycles. The minimum absolute atomic E-state index is 0.513. The summed E-state index contributed by atoms with van der Waals surface area (Å²) < 4.78 is 1.73. The van der Waals surface area contributed by atoms with Crippen LogP contribution in [0.1, 0.15) is 5.56 Å². The Kier molecular flexibility index (Phi) is 4.41. The van der Waals surface area contributed by atoms with Crippen LogP contribution in [0.5, 0.6) is 0 Å². The van der Waals surface area contributed by atoms with Crippen molar-refractivity contribution in [3.8, 4) is 0 Å². The van der Waals surface area contributed by atoms with Crippen molar-refractivity contribution in [2.24, 2.45) is 7.05 Å². The molecule has 4 rings (SSSR count). The molecule has 0 bridgehead atoms. The number of fused-ring (bicyclic) bond motifs is 1. The maximum Gasteiger partial charge on any atom is 0.227 e. The van der Waals surface area contributed by atoms with Gasteiger partial charge in [-0.1, -0.05) is 48.0 Å². The molecule has 6 nitrogen and oxygen atoms in total. The van der Waals surface area contributed by atoms with Gasteiger partial charge in [0.05, 0.1) is 11.6 Å². The molecule has 0 aliphatic carbocycles. The second kappa shape index (κ2) is 7.01. The van der Waals surface area contributed by atoms with Crippen LogP contribution in [0.2, 0.25) is 5.02 Å². The molecule has 2 aromatic heterocycles. The van der Waals surface area contributed by atoms with E-state index in [-0.39, 0.29) is 0 Å². The molecule has 0 atom stereocenters. The van der Waals surface area contributed by atoms with Crippen LogP contribution >= 0.6 is 11.6 Å². The lowest BCUT2D eigenvalue weighted by molar-refractivity contribution is 0.785. The van der Waals surface area contributed by atoms with Gasteiger partial charge in [0.1, 0.15) is 5.82 Å². The summed E-state index contributed by atoms with van der Waals surface area (Å²) >= 11 is 6.22. The van der Waals surface area contributed by atoms with Crippen LogP contribution < -0.4 is 10.6 Å². The fourth-order valence-electron chi connectivity index (χ4n) is 2.67. The Bertz CT molecular complexity index is 1040. The van der Waals surface area contributed by atoms with E-state index in [1.165, 1.54) is 0 Å². The van der Waals surface area contributed by atoms with Crippen molar-refractivity contribution in [1.82, 2.24) is 19.7 Å². The quantitative estimate of drug-likeness (QED) is 0.550. The molecular weight excluding hydrogens is 348 g/mol. The molecule has 0 radical (unpaired) electrons. The molecule has 2 heterocycles. The molecular formula is C19H17ClN6. The number of aromatic nitrogens is 4. The van der Waals surface area contributed by atoms with Crippen LogP contribution in [-0.4, -0.2) is 19.7 Å². The van der Waals surface area contributed by atoms with E-state index < -0.39 is 0 Å². The van der Waals surface area contributed by atoms with E-state index in [0.29, 0.717) is 23.3 Å². The maximum atomic E-state index is 6.22. The average Bonchev–Trinajstić information content (AvgIpc) is 3.03. The second-order valence-corrected chi connectivity index (χ2v) is 6.24. The zero-order valence-electron chi connectivity index (χ0n) is 14.1. The van der Waals surface area contributed by atoms with E-state index in [4.69, 9.17) is 11.6 Å². The van der Waals surface area contributed by atoms with Gasteiger partial charge in [-0.05, 0) is 23.8 Å². The molecule has 0 aliphatic heterocycles. The van der Waals surface area contributed by atoms with Gasteiger partial charge >= 0.3 is 0 Å². The van der Waals surface area contributed by atoms with Gasteiger partial charge in [0.15, 0.2) is 5.65 Å². The molecule has 0 saturated carbocycles. The SMILES string of the molecule is Cn1ncc2c(Nc3ccccc3)nc(NCc3ccccc3Cl)nc21. The lowest BCUT2D eigenvalue weighted by Gasteiger charge is -2.11. The number of para-hydroxylation sites is 1. The van der Waals surface area contributed by atoms with Crippen molar-refractivity contribution in [1.29, 1.82) is 0 Å². The number of hydrogen-bond acceptors (Lipinski definition) is 5. The van der Waals surface area contributed by atoms with E-state index in [9.17, 15) is 0 Å². The van der Waals surface area contributed by atoms with Crippen LogP contribution in [0.4, 0.5) is 17.5 Å². The predicted molar refractivity (Wildman–Crippen MR) is 105 cm³/mol. The third-order valence-electron chi connectivity index (χ3n) is 4.02. The molecule has 0 amide bonds. The van der Waals surface area contributed by atoms with Crippen LogP contribution in [0.3, 0.4) is 0 Å². The molecule has 0 fully saturated rings. The summed E-state index contributed by atoms with van der Waals surface area (Å²) in [6.07, 6.45) is 1.76. The van der Waals surface area contributed by atoms with Gasteiger partial charge in [0, 0.05) is 24.3 Å². The molecule has 0 aliphatic rings. The minimum atomic E-state index is 0.513. The van der Waals surface area contributed by atoms with E-state index in [2.05, 4.69) is 25.7 Å². The highest BCUT2D eigenvalue weighted by Crippen LogP contribution is 2.25. The zero-order valence-corrected chi connectivity index (χ0v) is 14.9. The summed E-state index contributed by atoms with van der Waals surface area (Å²) in [6.45, 7) is 0.536. The summed E-state index contributed by atoms with van der Waals surface area (Å²) in [4.78, 5) is 9.20. The fraction of sp³-hybridized carbons (Fsp3) is 0.105. The van der Waals surface area contributed by atoms with Crippen molar-refractivity contribution in [3.05, 3.63) is 71.4 Å². The fourth-order valence-corrected chi connectivity index (χ4v) is 2.87. The predicted octanol–water partition coefficient (Wildman–Crippen LogP) is 4.37. The standard InChI is InChI=1S/C19H17ClN6/c1-26-18-15(12-22-26)17(23-14-8-3-2-4-9-14)24-19(25-18)21-11-13-7-5-6-10-16(13)20/h2-10,12H,11H2,1H3,(H2,21,23,24,25). The topological polar surface area (TPSA) is 67.7 Å². The number of hydrogen-bond donors (Lipinski definition) is 2. The minimum Gasteiger partial charge on any atom is -0.350 e. The van der Waals surface area contributed by atoms with Crippen molar-refractivity contribution in [2.75, 3.05) is 10.6 Å². The summed E-state index contributed by atoms with van der Waals surface area (Å²) in [6, 6.07) is 17.6. The van der Waals surface area contributed by atoms with E-state index >= 15 is 0 Å². The molecule has 130 valence electrons. The molecule has 7 heteroatoms. The van der Waals surface area contributed by atoms with Gasteiger partial charge in [0.25, 0.3) is 0 Å². The Morgan fingerprint density at radius 3 is 2.58 bits per heavy atom. The van der Waals surface area contributed by atoms with Crippen molar-refractivity contribution in [2.45, 2.75) is 6.54 Å². The first-order valence-corrected chi connectivity index (χ1v) is 8.57. The number of rotatable bonds is 5. The van der Waals surface area contributed by atoms with Crippen LogP contribution in [0, 0.1) is 0 Å². The number of halogens is 1. The van der Waals surface area contributed by atoms with E-state index in [1.54, 1.807) is 10.9 Å². The highest BCUT2D eigenvalue weighted by Gasteiger charge is 2.12. The van der Waals surface area contributed by atoms with Crippen LogP contribution in [0.15, 0.2) is 60.8 Å². The Morgan fingerprint density at radius 1 is 1.00 bits per heavy atom. The number of aryl methyl sites for hydroxylation is 1. The number of anilines is 3. The summed E-state index contributed by atoms with van der Waals surface area (Å²) in [5, 5.41) is 12.5. The van der Waals surface area contributed by atoms with Crippen molar-refractivity contribution >= 4 is 40.1 Å². The average molecular weight is 365 g/mol. The number of nitrogens with zero attached hydrogens (tertiary/aromatic N) is 4. The van der Waals surface area contributed by atoms with Crippen molar-refractivity contribution < 1.29 is 0 Å². The monoisotopic (exact) mass is 364 g/mol. The van der Waals surface area contributed by atoms with Crippen LogP contribution in [-0.2, 0) is 13.6 Å². The van der Waals surface area contributed by atoms with E-state index in [1.807, 2.05) is 61.6 Å². The molecule has 0 unspecified atom stereocenters. The summed E-state index contributed by atoms with van der Waals surface area (Å²) in [7, 11) is 1.86. The highest BCUT2D eigenvalue weighted by atomic mass is 35.5. The van der Waals surface area contributed by atoms with Gasteiger partial charge in [-0.15, -0.1) is 0 Å². The third kappa shape index (κ3) is 3.32. The molecule has 2 N–H and O–H groups in total. The lowest BCUT2D eigenvalue weighted by Crippen LogP contribution is -2.07. The number of benzene rings is 2. The molecule has 0 saturated heterocycles. The van der Waals surface area contributed by atoms with Crippen molar-refractivity contribution in [3.63, 3.8) is 0 Å². The first kappa shape index (κ1) is 16.4. The maximum absolute atomic E-state index is 6.22. The Hall–Kier alpha value is -3.12. The molecule has 26 heavy (non-hydrogen) atoms. The second-order valence-electron chi connectivity index (χ2n) is 5.84. The first-order valence-electron chi connectivity index (χ1n) is 8.20. The first-order chi connectivity index (χ1) is 12.7. The highest BCUT2D eigenvalue weighted by molar-refractivity contribution is 6.31. The van der Waals surface area contributed by atoms with E-state index in [0.717, 1.165) is 22.3 Å². The van der Waals surface area contributed by atoms with Gasteiger partial charge < -0.3 is 10.6 Å². The molecule has 0 spiro atoms. The Balaban J connectivity index is 1.67. The van der Waals surface area contributed by atoms with Crippen LogP contribution in [0.25, 0.3) is 11.0 Å². The summed E-state index contributed by atoms with van der Waals surface area (Å²) in [5.74, 6) is 1.22. The Morgan fingerprint density at radius 2 is 1.77 bits per heavy atom. The van der Waals surface area contributed by atoms with Gasteiger partial charge in [-0.2, -0.15) is 15.1 Å². The zero-order chi connectivity index (χ0) is 17.9. The lowest BCUT2D eigenvalue weighted by atomic mass is 10.2. The largest absolute Gasteiger partial charge is 0.350 e. The Labute approximate surface area is 155 Å². The third-order valence-corrected chi connectivity index (χ3v) is 4.39. The number of nitrogens with one attached hydrogen (secondary N) is 2. The summed E-state index contributed by atoms with van der Waals surface area (Å²) in [5.41, 5.74) is 2.69. The van der Waals surface area contributed by atoms with Gasteiger partial charge in [-0.25, -0.2) is 0 Å².